The number of hydrogen-bond donors (Lipinski definition) is 1. The molecule has 2 heterocycles. The van der Waals surface area contributed by atoms with E-state index in [2.05, 4.69) is 65.3 Å². The molecule has 1 aliphatic heterocycles. The standard InChI is InChI=1S/C17H18Br2N4O/c18-15-2-1-13(11-16(15)19)12-22-7-9-23(10-8-22)17(24)21-14-3-5-20-6-4-14/h1-6,11H,7-10,12H2,(H,20,21,24). The molecule has 5 nitrogen and oxygen atoms in total. The second-order valence-corrected chi connectivity index (χ2v) is 7.39. The molecule has 126 valence electrons. The van der Waals surface area contributed by atoms with Crippen molar-refractivity contribution in [3.05, 3.63) is 57.2 Å². The van der Waals surface area contributed by atoms with Gasteiger partial charge in [0.05, 0.1) is 0 Å². The van der Waals surface area contributed by atoms with E-state index in [1.807, 2.05) is 4.90 Å². The Kier molecular flexibility index (Phi) is 5.86. The number of urea groups is 1. The summed E-state index contributed by atoms with van der Waals surface area (Å²) in [7, 11) is 0. The van der Waals surface area contributed by atoms with E-state index < -0.39 is 0 Å². The number of rotatable bonds is 3. The summed E-state index contributed by atoms with van der Waals surface area (Å²) in [6, 6.07) is 9.84. The number of hydrogen-bond acceptors (Lipinski definition) is 3. The molecule has 1 aliphatic rings. The summed E-state index contributed by atoms with van der Waals surface area (Å²) in [4.78, 5) is 20.5. The first-order chi connectivity index (χ1) is 11.6. The van der Waals surface area contributed by atoms with Crippen molar-refractivity contribution in [1.82, 2.24) is 14.8 Å². The molecule has 0 spiro atoms. The molecular weight excluding hydrogens is 436 g/mol. The van der Waals surface area contributed by atoms with Gasteiger partial charge in [0.15, 0.2) is 0 Å². The molecule has 0 radical (unpaired) electrons. The Morgan fingerprint density at radius 3 is 2.42 bits per heavy atom. The van der Waals surface area contributed by atoms with Crippen LogP contribution in [-0.2, 0) is 6.54 Å². The molecule has 0 bridgehead atoms. The summed E-state index contributed by atoms with van der Waals surface area (Å²) >= 11 is 7.03. The fourth-order valence-electron chi connectivity index (χ4n) is 2.64. The molecule has 2 amide bonds. The Morgan fingerprint density at radius 1 is 1.04 bits per heavy atom. The molecule has 0 atom stereocenters. The number of nitrogens with zero attached hydrogens (tertiary/aromatic N) is 3. The van der Waals surface area contributed by atoms with Crippen molar-refractivity contribution < 1.29 is 4.79 Å². The Balaban J connectivity index is 1.50. The Labute approximate surface area is 158 Å². The van der Waals surface area contributed by atoms with E-state index in [0.29, 0.717) is 0 Å². The number of pyridine rings is 1. The monoisotopic (exact) mass is 452 g/mol. The largest absolute Gasteiger partial charge is 0.322 e. The van der Waals surface area contributed by atoms with Gasteiger partial charge < -0.3 is 10.2 Å². The quantitative estimate of drug-likeness (QED) is 0.765. The maximum atomic E-state index is 12.3. The minimum atomic E-state index is -0.0489. The molecule has 3 rings (SSSR count). The van der Waals surface area contributed by atoms with Crippen LogP contribution in [0.25, 0.3) is 0 Å². The maximum Gasteiger partial charge on any atom is 0.321 e. The molecule has 1 saturated heterocycles. The fraction of sp³-hybridized carbons (Fsp3) is 0.294. The topological polar surface area (TPSA) is 48.5 Å². The predicted molar refractivity (Wildman–Crippen MR) is 102 cm³/mol. The minimum absolute atomic E-state index is 0.0489. The normalized spacial score (nSPS) is 15.3. The van der Waals surface area contributed by atoms with Gasteiger partial charge in [0.25, 0.3) is 0 Å². The molecule has 0 saturated carbocycles. The molecular formula is C17H18Br2N4O. The van der Waals surface area contributed by atoms with Crippen LogP contribution >= 0.6 is 31.9 Å². The van der Waals surface area contributed by atoms with Gasteiger partial charge in [0, 0.05) is 59.8 Å². The third-order valence-corrected chi connectivity index (χ3v) is 5.86. The zero-order valence-corrected chi connectivity index (χ0v) is 16.3. The van der Waals surface area contributed by atoms with Gasteiger partial charge in [-0.15, -0.1) is 0 Å². The molecule has 2 aromatic rings. The first kappa shape index (κ1) is 17.4. The van der Waals surface area contributed by atoms with E-state index in [0.717, 1.165) is 47.4 Å². The van der Waals surface area contributed by atoms with Crippen LogP contribution in [0.3, 0.4) is 0 Å². The van der Waals surface area contributed by atoms with E-state index in [1.165, 1.54) is 5.56 Å². The molecule has 1 fully saturated rings. The molecule has 1 aromatic carbocycles. The molecule has 0 aliphatic carbocycles. The number of aromatic nitrogens is 1. The highest BCUT2D eigenvalue weighted by molar-refractivity contribution is 9.13. The smallest absolute Gasteiger partial charge is 0.321 e. The summed E-state index contributed by atoms with van der Waals surface area (Å²) in [6.07, 6.45) is 3.34. The average molecular weight is 454 g/mol. The highest BCUT2D eigenvalue weighted by Gasteiger charge is 2.21. The average Bonchev–Trinajstić information content (AvgIpc) is 2.60. The lowest BCUT2D eigenvalue weighted by atomic mass is 10.2. The van der Waals surface area contributed by atoms with E-state index in [1.54, 1.807) is 24.5 Å². The van der Waals surface area contributed by atoms with Gasteiger partial charge in [-0.25, -0.2) is 4.79 Å². The van der Waals surface area contributed by atoms with Crippen molar-refractivity contribution in [3.8, 4) is 0 Å². The number of piperazine rings is 1. The fourth-order valence-corrected chi connectivity index (χ4v) is 3.32. The van der Waals surface area contributed by atoms with E-state index >= 15 is 0 Å². The van der Waals surface area contributed by atoms with Crippen LogP contribution in [0.15, 0.2) is 51.7 Å². The zero-order chi connectivity index (χ0) is 16.9. The second-order valence-electron chi connectivity index (χ2n) is 5.68. The number of carbonyl (C=O) groups is 1. The lowest BCUT2D eigenvalue weighted by Gasteiger charge is -2.34. The molecule has 7 heteroatoms. The first-order valence-corrected chi connectivity index (χ1v) is 9.32. The first-order valence-electron chi connectivity index (χ1n) is 7.74. The van der Waals surface area contributed by atoms with Crippen molar-refractivity contribution in [1.29, 1.82) is 0 Å². The second kappa shape index (κ2) is 8.09. The van der Waals surface area contributed by atoms with Gasteiger partial charge in [-0.05, 0) is 61.7 Å². The molecule has 1 aromatic heterocycles. The van der Waals surface area contributed by atoms with Crippen LogP contribution in [0.2, 0.25) is 0 Å². The van der Waals surface area contributed by atoms with Crippen molar-refractivity contribution >= 4 is 43.6 Å². The third kappa shape index (κ3) is 4.55. The number of halogens is 2. The van der Waals surface area contributed by atoms with Crippen LogP contribution in [0.4, 0.5) is 10.5 Å². The Hall–Kier alpha value is -1.44. The maximum absolute atomic E-state index is 12.3. The molecule has 24 heavy (non-hydrogen) atoms. The lowest BCUT2D eigenvalue weighted by molar-refractivity contribution is 0.143. The number of benzene rings is 1. The minimum Gasteiger partial charge on any atom is -0.322 e. The van der Waals surface area contributed by atoms with Crippen molar-refractivity contribution in [2.45, 2.75) is 6.54 Å². The van der Waals surface area contributed by atoms with Crippen LogP contribution in [-0.4, -0.2) is 47.0 Å². The summed E-state index contributed by atoms with van der Waals surface area (Å²) in [6.45, 7) is 4.10. The summed E-state index contributed by atoms with van der Waals surface area (Å²) < 4.78 is 2.12. The van der Waals surface area contributed by atoms with Crippen LogP contribution in [0.1, 0.15) is 5.56 Å². The van der Waals surface area contributed by atoms with Gasteiger partial charge in [0.1, 0.15) is 0 Å². The van der Waals surface area contributed by atoms with E-state index in [-0.39, 0.29) is 6.03 Å². The lowest BCUT2D eigenvalue weighted by Crippen LogP contribution is -2.49. The predicted octanol–water partition coefficient (Wildman–Crippen LogP) is 3.96. The van der Waals surface area contributed by atoms with Crippen LogP contribution in [0.5, 0.6) is 0 Å². The highest BCUT2D eigenvalue weighted by Crippen LogP contribution is 2.24. The van der Waals surface area contributed by atoms with Gasteiger partial charge >= 0.3 is 6.03 Å². The zero-order valence-electron chi connectivity index (χ0n) is 13.1. The number of amides is 2. The third-order valence-electron chi connectivity index (χ3n) is 3.98. The summed E-state index contributed by atoms with van der Waals surface area (Å²) in [5, 5.41) is 2.91. The SMILES string of the molecule is O=C(Nc1ccncc1)N1CCN(Cc2ccc(Br)c(Br)c2)CC1. The van der Waals surface area contributed by atoms with Gasteiger partial charge in [-0.2, -0.15) is 0 Å². The van der Waals surface area contributed by atoms with E-state index in [4.69, 9.17) is 0 Å². The van der Waals surface area contributed by atoms with Crippen molar-refractivity contribution in [2.24, 2.45) is 0 Å². The van der Waals surface area contributed by atoms with Crippen LogP contribution in [0, 0.1) is 0 Å². The number of nitrogens with one attached hydrogen (secondary N) is 1. The van der Waals surface area contributed by atoms with E-state index in [9.17, 15) is 4.79 Å². The van der Waals surface area contributed by atoms with Crippen LogP contribution < -0.4 is 5.32 Å². The molecule has 0 unspecified atom stereocenters. The summed E-state index contributed by atoms with van der Waals surface area (Å²) in [5.74, 6) is 0. The number of anilines is 1. The molecule has 1 N–H and O–H groups in total. The van der Waals surface area contributed by atoms with Crippen molar-refractivity contribution in [2.75, 3.05) is 31.5 Å². The van der Waals surface area contributed by atoms with Crippen molar-refractivity contribution in [3.63, 3.8) is 0 Å². The Morgan fingerprint density at radius 2 is 1.75 bits per heavy atom. The van der Waals surface area contributed by atoms with Gasteiger partial charge in [0.2, 0.25) is 0 Å². The highest BCUT2D eigenvalue weighted by atomic mass is 79.9. The number of carbonyl (C=O) groups excluding carboxylic acids is 1. The Bertz CT molecular complexity index is 703. The summed E-state index contributed by atoms with van der Waals surface area (Å²) in [5.41, 5.74) is 2.04. The van der Waals surface area contributed by atoms with Gasteiger partial charge in [-0.1, -0.05) is 6.07 Å². The van der Waals surface area contributed by atoms with Gasteiger partial charge in [-0.3, -0.25) is 9.88 Å².